The van der Waals surface area contributed by atoms with Crippen molar-refractivity contribution in [2.75, 3.05) is 19.8 Å². The summed E-state index contributed by atoms with van der Waals surface area (Å²) in [7, 11) is -4.95. The predicted molar refractivity (Wildman–Crippen MR) is 211 cm³/mol. The Morgan fingerprint density at radius 3 is 1.35 bits per heavy atom. The van der Waals surface area contributed by atoms with E-state index in [9.17, 15) is 28.9 Å². The minimum Gasteiger partial charge on any atom is -0.756 e. The summed E-state index contributed by atoms with van der Waals surface area (Å²) in [6, 6.07) is -1.42. The van der Waals surface area contributed by atoms with Crippen LogP contribution in [0.4, 0.5) is 0 Å². The van der Waals surface area contributed by atoms with Crippen molar-refractivity contribution in [1.82, 2.24) is 0 Å². The first kappa shape index (κ1) is 52.2. The van der Waals surface area contributed by atoms with Crippen LogP contribution in [0.1, 0.15) is 206 Å². The molecule has 0 aliphatic carbocycles. The fraction of sp³-hybridized carbons (Fsp3) is 0.881. The van der Waals surface area contributed by atoms with Gasteiger partial charge in [-0.05, 0) is 38.5 Å². The van der Waals surface area contributed by atoms with Crippen molar-refractivity contribution in [3.8, 4) is 0 Å². The number of aliphatic carboxylic acids is 1. The zero-order valence-corrected chi connectivity index (χ0v) is 35.3. The van der Waals surface area contributed by atoms with E-state index < -0.39 is 51.1 Å². The number of phosphoric ester groups is 1. The number of quaternary nitrogens is 1. The maximum atomic E-state index is 12.6. The lowest BCUT2D eigenvalue weighted by Crippen LogP contribution is -2.70. The molecule has 0 saturated heterocycles. The minimum atomic E-state index is -4.95. The molecule has 0 aromatic carbocycles. The quantitative estimate of drug-likeness (QED) is 0.0273. The molecular formula is C42H79NO10P-. The molecule has 11 nitrogen and oxygen atoms in total. The summed E-state index contributed by atoms with van der Waals surface area (Å²) in [5.74, 6) is -2.58. The molecule has 0 heterocycles. The Labute approximate surface area is 328 Å². The fourth-order valence-electron chi connectivity index (χ4n) is 6.06. The molecule has 3 atom stereocenters. The second kappa shape index (κ2) is 38.1. The maximum absolute atomic E-state index is 12.6. The topological polar surface area (TPSA) is 179 Å². The Bertz CT molecular complexity index is 979. The van der Waals surface area contributed by atoms with Gasteiger partial charge in [0.05, 0.1) is 6.61 Å². The number of carboxylic acid groups (broad SMARTS) is 1. The van der Waals surface area contributed by atoms with Crippen molar-refractivity contribution in [1.29, 1.82) is 0 Å². The van der Waals surface area contributed by atoms with Crippen LogP contribution in [0.2, 0.25) is 0 Å². The molecule has 0 aromatic heterocycles. The highest BCUT2D eigenvalue weighted by molar-refractivity contribution is 7.45. The Balaban J connectivity index is 4.35. The molecule has 1 unspecified atom stereocenters. The number of carbonyl (C=O) groups excluding carboxylic acids is 3. The first-order valence-corrected chi connectivity index (χ1v) is 23.2. The number of carboxylic acids is 1. The number of phosphoric acid groups is 1. The Morgan fingerprint density at radius 1 is 0.556 bits per heavy atom. The number of rotatable bonds is 41. The standard InChI is InChI=1S/C42H80NO10P/c1-3-5-7-9-11-13-15-17-19-21-23-25-27-29-31-33-40(44)50-35-38(36-51-54(48,49)52-37-39(43)42(46)47)53-41(45)34-32-30-28-26-24-22-20-18-16-14-12-10-8-6-4-2/h18,20,38-39H,3-17,19,21-37,43H2,1-2H3,(H,46,47)(H,48,49)/p-1/b20-18+/t38-,39+/m1/s1. The first-order chi connectivity index (χ1) is 26.1. The van der Waals surface area contributed by atoms with Gasteiger partial charge in [-0.25, -0.2) is 0 Å². The molecule has 54 heavy (non-hydrogen) atoms. The minimum absolute atomic E-state index is 0.141. The fourth-order valence-corrected chi connectivity index (χ4v) is 6.85. The molecule has 12 heteroatoms. The largest absolute Gasteiger partial charge is 0.756 e. The Kier molecular flexibility index (Phi) is 36.9. The van der Waals surface area contributed by atoms with Crippen LogP contribution in [-0.4, -0.2) is 49.9 Å². The number of hydrogen-bond donors (Lipinski definition) is 1. The highest BCUT2D eigenvalue weighted by Crippen LogP contribution is 2.38. The normalized spacial score (nSPS) is 13.9. The van der Waals surface area contributed by atoms with E-state index >= 15 is 0 Å². The summed E-state index contributed by atoms with van der Waals surface area (Å²) in [5.41, 5.74) is 3.24. The van der Waals surface area contributed by atoms with Gasteiger partial charge in [0.1, 0.15) is 25.2 Å². The van der Waals surface area contributed by atoms with Gasteiger partial charge < -0.3 is 39.0 Å². The summed E-state index contributed by atoms with van der Waals surface area (Å²) in [6.07, 6.45) is 36.8. The molecule has 0 aromatic rings. The summed E-state index contributed by atoms with van der Waals surface area (Å²) in [5, 5.41) is 10.8. The monoisotopic (exact) mass is 789 g/mol. The molecule has 0 rings (SSSR count). The summed E-state index contributed by atoms with van der Waals surface area (Å²) >= 11 is 0. The number of esters is 2. The van der Waals surface area contributed by atoms with Gasteiger partial charge in [-0.1, -0.05) is 167 Å². The van der Waals surface area contributed by atoms with Gasteiger partial charge in [0.15, 0.2) is 6.10 Å². The van der Waals surface area contributed by atoms with Crippen molar-refractivity contribution >= 4 is 25.7 Å². The molecule has 0 bridgehead atoms. The predicted octanol–water partition coefficient (Wildman–Crippen LogP) is 8.60. The lowest BCUT2D eigenvalue weighted by molar-refractivity contribution is -0.441. The van der Waals surface area contributed by atoms with Gasteiger partial charge in [-0.3, -0.25) is 14.2 Å². The van der Waals surface area contributed by atoms with Crippen LogP contribution in [0.3, 0.4) is 0 Å². The van der Waals surface area contributed by atoms with E-state index in [-0.39, 0.29) is 19.4 Å². The molecule has 0 fully saturated rings. The Hall–Kier alpha value is -1.78. The summed E-state index contributed by atoms with van der Waals surface area (Å²) in [6.45, 7) is 2.71. The van der Waals surface area contributed by atoms with Crippen molar-refractivity contribution < 1.29 is 53.2 Å². The lowest BCUT2D eigenvalue weighted by atomic mass is 10.0. The summed E-state index contributed by atoms with van der Waals surface area (Å²) < 4.78 is 32.3. The molecule has 0 aliphatic heterocycles. The van der Waals surface area contributed by atoms with Crippen LogP contribution in [0, 0.1) is 0 Å². The van der Waals surface area contributed by atoms with Crippen LogP contribution in [0.25, 0.3) is 0 Å². The average Bonchev–Trinajstić information content (AvgIpc) is 3.14. The molecule has 0 spiro atoms. The second-order valence-electron chi connectivity index (χ2n) is 14.9. The van der Waals surface area contributed by atoms with Crippen LogP contribution < -0.4 is 15.7 Å². The van der Waals surface area contributed by atoms with E-state index in [1.807, 2.05) is 0 Å². The van der Waals surface area contributed by atoms with Gasteiger partial charge in [0.25, 0.3) is 7.82 Å². The number of ether oxygens (including phenoxy) is 2. The van der Waals surface area contributed by atoms with E-state index in [0.717, 1.165) is 57.8 Å². The molecule has 0 amide bonds. The van der Waals surface area contributed by atoms with E-state index in [0.29, 0.717) is 12.8 Å². The third-order valence-corrected chi connectivity index (χ3v) is 10.5. The number of carbonyl (C=O) groups is 3. The maximum Gasteiger partial charge on any atom is 0.306 e. The molecule has 0 aliphatic rings. The number of hydrogen-bond acceptors (Lipinski definition) is 10. The number of unbranched alkanes of at least 4 members (excludes halogenated alkanes) is 25. The second-order valence-corrected chi connectivity index (χ2v) is 16.3. The first-order valence-electron chi connectivity index (χ1n) is 21.7. The Morgan fingerprint density at radius 2 is 0.926 bits per heavy atom. The van der Waals surface area contributed by atoms with Crippen molar-refractivity contribution in [3.05, 3.63) is 12.2 Å². The smallest absolute Gasteiger partial charge is 0.306 e. The van der Waals surface area contributed by atoms with E-state index in [2.05, 4.69) is 36.3 Å². The van der Waals surface area contributed by atoms with E-state index in [4.69, 9.17) is 14.0 Å². The van der Waals surface area contributed by atoms with E-state index in [1.165, 1.54) is 109 Å². The van der Waals surface area contributed by atoms with Gasteiger partial charge in [-0.2, -0.15) is 0 Å². The molecular weight excluding hydrogens is 709 g/mol. The van der Waals surface area contributed by atoms with Crippen LogP contribution in [0.15, 0.2) is 12.2 Å². The van der Waals surface area contributed by atoms with Crippen LogP contribution >= 0.6 is 7.82 Å². The zero-order chi connectivity index (χ0) is 40.0. The van der Waals surface area contributed by atoms with E-state index in [1.54, 1.807) is 0 Å². The van der Waals surface area contributed by atoms with Crippen LogP contribution in [-0.2, 0) is 37.5 Å². The molecule has 3 N–H and O–H groups in total. The average molecular weight is 789 g/mol. The zero-order valence-electron chi connectivity index (χ0n) is 34.4. The lowest BCUT2D eigenvalue weighted by Gasteiger charge is -2.26. The van der Waals surface area contributed by atoms with Crippen molar-refractivity contribution in [2.24, 2.45) is 0 Å². The van der Waals surface area contributed by atoms with Gasteiger partial charge >= 0.3 is 11.9 Å². The third kappa shape index (κ3) is 37.2. The summed E-state index contributed by atoms with van der Waals surface area (Å²) in [4.78, 5) is 48.0. The third-order valence-electron chi connectivity index (χ3n) is 9.54. The number of allylic oxidation sites excluding steroid dienone is 2. The molecule has 0 saturated carbocycles. The van der Waals surface area contributed by atoms with Crippen molar-refractivity contribution in [3.63, 3.8) is 0 Å². The van der Waals surface area contributed by atoms with Gasteiger partial charge in [0, 0.05) is 12.8 Å². The SMILES string of the molecule is CCCCCCCC/C=C/CCCCCCCC(=O)O[C@H](COC(=O)CCCCCCCCCCCCCCCCC)COP(=O)([O-])OC[C@H]([NH3+])C(=O)[O-]. The molecule has 318 valence electrons. The van der Waals surface area contributed by atoms with Gasteiger partial charge in [-0.15, -0.1) is 0 Å². The highest BCUT2D eigenvalue weighted by atomic mass is 31.2. The highest BCUT2D eigenvalue weighted by Gasteiger charge is 2.22. The molecule has 0 radical (unpaired) electrons. The van der Waals surface area contributed by atoms with Gasteiger partial charge in [0.2, 0.25) is 0 Å². The van der Waals surface area contributed by atoms with Crippen LogP contribution in [0.5, 0.6) is 0 Å². The van der Waals surface area contributed by atoms with Crippen molar-refractivity contribution in [2.45, 2.75) is 219 Å².